The first-order valence-corrected chi connectivity index (χ1v) is 6.79. The molecule has 1 aromatic heterocycles. The van der Waals surface area contributed by atoms with Gasteiger partial charge in [-0.15, -0.1) is 11.3 Å². The minimum atomic E-state index is 0.783. The fourth-order valence-electron chi connectivity index (χ4n) is 1.33. The Labute approximate surface area is 107 Å². The Morgan fingerprint density at radius 1 is 1.47 bits per heavy atom. The van der Waals surface area contributed by atoms with Gasteiger partial charge in [-0.1, -0.05) is 6.07 Å². The SMILES string of the molecule is CCOCCCNC(=NC)NCc1cccs1. The fraction of sp³-hybridized carbons (Fsp3) is 0.583. The number of rotatable bonds is 7. The normalized spacial score (nSPS) is 11.5. The standard InChI is InChI=1S/C12H21N3OS/c1-3-16-8-5-7-14-12(13-2)15-10-11-6-4-9-17-11/h4,6,9H,3,5,7-8,10H2,1-2H3,(H2,13,14,15). The van der Waals surface area contributed by atoms with Gasteiger partial charge in [0.25, 0.3) is 0 Å². The van der Waals surface area contributed by atoms with Crippen molar-refractivity contribution >= 4 is 17.3 Å². The summed E-state index contributed by atoms with van der Waals surface area (Å²) in [6.07, 6.45) is 0.994. The molecule has 0 radical (unpaired) electrons. The van der Waals surface area contributed by atoms with E-state index in [1.165, 1.54) is 4.88 Å². The van der Waals surface area contributed by atoms with Crippen molar-refractivity contribution in [3.63, 3.8) is 0 Å². The third-order valence-corrected chi connectivity index (χ3v) is 3.07. The van der Waals surface area contributed by atoms with Gasteiger partial charge in [0.1, 0.15) is 0 Å². The first-order chi connectivity index (χ1) is 8.36. The summed E-state index contributed by atoms with van der Waals surface area (Å²) in [6, 6.07) is 4.17. The van der Waals surface area contributed by atoms with E-state index in [4.69, 9.17) is 4.74 Å². The summed E-state index contributed by atoms with van der Waals surface area (Å²) in [6.45, 7) is 5.29. The van der Waals surface area contributed by atoms with Crippen molar-refractivity contribution in [3.8, 4) is 0 Å². The Morgan fingerprint density at radius 3 is 3.00 bits per heavy atom. The van der Waals surface area contributed by atoms with Gasteiger partial charge in [-0.3, -0.25) is 4.99 Å². The topological polar surface area (TPSA) is 45.6 Å². The highest BCUT2D eigenvalue weighted by atomic mass is 32.1. The molecule has 0 aliphatic carbocycles. The van der Waals surface area contributed by atoms with E-state index in [-0.39, 0.29) is 0 Å². The first kappa shape index (κ1) is 14.0. The molecule has 96 valence electrons. The molecule has 0 bridgehead atoms. The Kier molecular flexibility index (Phi) is 7.42. The molecular formula is C12H21N3OS. The van der Waals surface area contributed by atoms with E-state index in [0.717, 1.165) is 38.7 Å². The molecule has 5 heteroatoms. The number of ether oxygens (including phenoxy) is 1. The lowest BCUT2D eigenvalue weighted by molar-refractivity contribution is 0.145. The Balaban J connectivity index is 2.12. The molecule has 0 spiro atoms. The highest BCUT2D eigenvalue weighted by molar-refractivity contribution is 7.09. The van der Waals surface area contributed by atoms with E-state index >= 15 is 0 Å². The highest BCUT2D eigenvalue weighted by Gasteiger charge is 1.98. The second-order valence-electron chi connectivity index (χ2n) is 3.48. The van der Waals surface area contributed by atoms with Crippen LogP contribution in [0.1, 0.15) is 18.2 Å². The summed E-state index contributed by atoms with van der Waals surface area (Å²) in [7, 11) is 1.78. The van der Waals surface area contributed by atoms with Crippen LogP contribution in [0.25, 0.3) is 0 Å². The zero-order valence-corrected chi connectivity index (χ0v) is 11.3. The Morgan fingerprint density at radius 2 is 2.35 bits per heavy atom. The summed E-state index contributed by atoms with van der Waals surface area (Å²) in [4.78, 5) is 5.47. The van der Waals surface area contributed by atoms with Crippen LogP contribution in [0.5, 0.6) is 0 Å². The van der Waals surface area contributed by atoms with Gasteiger partial charge in [0.15, 0.2) is 5.96 Å². The van der Waals surface area contributed by atoms with Crippen molar-refractivity contribution in [2.75, 3.05) is 26.8 Å². The molecule has 1 aromatic rings. The van der Waals surface area contributed by atoms with Gasteiger partial charge in [0.2, 0.25) is 0 Å². The number of thiophene rings is 1. The predicted octanol–water partition coefficient (Wildman–Crippen LogP) is 1.84. The maximum absolute atomic E-state index is 5.27. The Hall–Kier alpha value is -1.07. The zero-order valence-electron chi connectivity index (χ0n) is 10.5. The van der Waals surface area contributed by atoms with Crippen LogP contribution in [0.3, 0.4) is 0 Å². The van der Waals surface area contributed by atoms with Crippen LogP contribution in [-0.2, 0) is 11.3 Å². The third-order valence-electron chi connectivity index (χ3n) is 2.20. The molecule has 0 saturated carbocycles. The minimum Gasteiger partial charge on any atom is -0.382 e. The van der Waals surface area contributed by atoms with Crippen molar-refractivity contribution in [2.45, 2.75) is 19.9 Å². The largest absolute Gasteiger partial charge is 0.382 e. The van der Waals surface area contributed by atoms with Crippen molar-refractivity contribution < 1.29 is 4.74 Å². The molecular weight excluding hydrogens is 234 g/mol. The van der Waals surface area contributed by atoms with Crippen LogP contribution in [0, 0.1) is 0 Å². The van der Waals surface area contributed by atoms with Crippen LogP contribution < -0.4 is 10.6 Å². The smallest absolute Gasteiger partial charge is 0.191 e. The van der Waals surface area contributed by atoms with Gasteiger partial charge >= 0.3 is 0 Å². The maximum atomic E-state index is 5.27. The number of aliphatic imine (C=N–C) groups is 1. The lowest BCUT2D eigenvalue weighted by Crippen LogP contribution is -2.37. The van der Waals surface area contributed by atoms with Crippen molar-refractivity contribution in [3.05, 3.63) is 22.4 Å². The van der Waals surface area contributed by atoms with Gasteiger partial charge < -0.3 is 15.4 Å². The average Bonchev–Trinajstić information content (AvgIpc) is 2.86. The van der Waals surface area contributed by atoms with E-state index in [2.05, 4.69) is 33.1 Å². The number of nitrogens with zero attached hydrogens (tertiary/aromatic N) is 1. The van der Waals surface area contributed by atoms with Gasteiger partial charge in [-0.2, -0.15) is 0 Å². The molecule has 4 nitrogen and oxygen atoms in total. The number of hydrogen-bond acceptors (Lipinski definition) is 3. The molecule has 0 saturated heterocycles. The molecule has 0 amide bonds. The van der Waals surface area contributed by atoms with E-state index in [9.17, 15) is 0 Å². The van der Waals surface area contributed by atoms with Crippen LogP contribution in [0.15, 0.2) is 22.5 Å². The minimum absolute atomic E-state index is 0.783. The van der Waals surface area contributed by atoms with E-state index in [1.807, 2.05) is 6.92 Å². The molecule has 0 atom stereocenters. The zero-order chi connectivity index (χ0) is 12.3. The summed E-state index contributed by atoms with van der Waals surface area (Å²) >= 11 is 1.75. The second kappa shape index (κ2) is 9.01. The van der Waals surface area contributed by atoms with E-state index < -0.39 is 0 Å². The average molecular weight is 255 g/mol. The second-order valence-corrected chi connectivity index (χ2v) is 4.51. The molecule has 0 aliphatic rings. The van der Waals surface area contributed by atoms with Crippen LogP contribution >= 0.6 is 11.3 Å². The number of hydrogen-bond donors (Lipinski definition) is 2. The van der Waals surface area contributed by atoms with Crippen molar-refractivity contribution in [1.29, 1.82) is 0 Å². The van der Waals surface area contributed by atoms with E-state index in [1.54, 1.807) is 18.4 Å². The number of guanidine groups is 1. The van der Waals surface area contributed by atoms with Gasteiger partial charge in [0.05, 0.1) is 6.54 Å². The first-order valence-electron chi connectivity index (χ1n) is 5.91. The molecule has 0 fully saturated rings. The summed E-state index contributed by atoms with van der Waals surface area (Å²) < 4.78 is 5.27. The molecule has 0 unspecified atom stereocenters. The summed E-state index contributed by atoms with van der Waals surface area (Å²) in [5.74, 6) is 0.842. The molecule has 0 aromatic carbocycles. The number of nitrogens with one attached hydrogen (secondary N) is 2. The molecule has 2 N–H and O–H groups in total. The summed E-state index contributed by atoms with van der Waals surface area (Å²) in [5.41, 5.74) is 0. The van der Waals surface area contributed by atoms with Crippen LogP contribution in [-0.4, -0.2) is 32.8 Å². The molecule has 0 aliphatic heterocycles. The fourth-order valence-corrected chi connectivity index (χ4v) is 1.97. The molecule has 17 heavy (non-hydrogen) atoms. The lowest BCUT2D eigenvalue weighted by atomic mass is 10.4. The highest BCUT2D eigenvalue weighted by Crippen LogP contribution is 2.06. The summed E-state index contributed by atoms with van der Waals surface area (Å²) in [5, 5.41) is 8.60. The maximum Gasteiger partial charge on any atom is 0.191 e. The van der Waals surface area contributed by atoms with Gasteiger partial charge in [0, 0.05) is 31.7 Å². The van der Waals surface area contributed by atoms with Crippen molar-refractivity contribution in [2.24, 2.45) is 4.99 Å². The Bertz CT molecular complexity index is 312. The van der Waals surface area contributed by atoms with Crippen LogP contribution in [0.4, 0.5) is 0 Å². The predicted molar refractivity (Wildman–Crippen MR) is 73.6 cm³/mol. The molecule has 1 rings (SSSR count). The van der Waals surface area contributed by atoms with Gasteiger partial charge in [-0.05, 0) is 24.8 Å². The van der Waals surface area contributed by atoms with Gasteiger partial charge in [-0.25, -0.2) is 0 Å². The van der Waals surface area contributed by atoms with Crippen molar-refractivity contribution in [1.82, 2.24) is 10.6 Å². The quantitative estimate of drug-likeness (QED) is 0.444. The third kappa shape index (κ3) is 6.28. The van der Waals surface area contributed by atoms with Crippen LogP contribution in [0.2, 0.25) is 0 Å². The van der Waals surface area contributed by atoms with E-state index in [0.29, 0.717) is 0 Å². The lowest BCUT2D eigenvalue weighted by Gasteiger charge is -2.10. The monoisotopic (exact) mass is 255 g/mol. The molecule has 1 heterocycles.